The van der Waals surface area contributed by atoms with E-state index in [9.17, 15) is 4.79 Å². The van der Waals surface area contributed by atoms with E-state index in [4.69, 9.17) is 15.6 Å². The first kappa shape index (κ1) is 15.1. The van der Waals surface area contributed by atoms with Crippen molar-refractivity contribution in [2.45, 2.75) is 19.4 Å². The fraction of sp³-hybridized carbons (Fsp3) is 0.235. The van der Waals surface area contributed by atoms with E-state index in [0.29, 0.717) is 12.2 Å². The van der Waals surface area contributed by atoms with Gasteiger partial charge in [0.1, 0.15) is 0 Å². The van der Waals surface area contributed by atoms with Crippen LogP contribution in [0.2, 0.25) is 0 Å². The van der Waals surface area contributed by atoms with Gasteiger partial charge in [-0.25, -0.2) is 4.79 Å². The third kappa shape index (κ3) is 4.33. The molecule has 0 aliphatic carbocycles. The number of hydrogen-bond acceptors (Lipinski definition) is 3. The summed E-state index contributed by atoms with van der Waals surface area (Å²) in [5.41, 5.74) is 7.99. The zero-order chi connectivity index (χ0) is 15.1. The number of carboxylic acid groups (broad SMARTS) is 1. The van der Waals surface area contributed by atoms with Gasteiger partial charge in [0.05, 0.1) is 12.2 Å². The van der Waals surface area contributed by atoms with Crippen LogP contribution in [0.4, 0.5) is 5.69 Å². The molecule has 0 saturated carbocycles. The van der Waals surface area contributed by atoms with Crippen LogP contribution in [0.5, 0.6) is 0 Å². The second-order valence-electron chi connectivity index (χ2n) is 4.83. The van der Waals surface area contributed by atoms with Gasteiger partial charge in [0, 0.05) is 12.3 Å². The minimum absolute atomic E-state index is 0.139. The van der Waals surface area contributed by atoms with E-state index >= 15 is 0 Å². The summed E-state index contributed by atoms with van der Waals surface area (Å²) in [7, 11) is 0. The van der Waals surface area contributed by atoms with E-state index in [1.165, 1.54) is 5.56 Å². The number of carboxylic acids is 1. The van der Waals surface area contributed by atoms with Crippen LogP contribution in [0.1, 0.15) is 27.9 Å². The van der Waals surface area contributed by atoms with Crippen LogP contribution in [0, 0.1) is 0 Å². The van der Waals surface area contributed by atoms with Crippen molar-refractivity contribution in [3.63, 3.8) is 0 Å². The number of carbonyl (C=O) groups is 1. The van der Waals surface area contributed by atoms with Crippen molar-refractivity contribution in [3.05, 3.63) is 65.2 Å². The van der Waals surface area contributed by atoms with Gasteiger partial charge in [-0.05, 0) is 30.0 Å². The summed E-state index contributed by atoms with van der Waals surface area (Å²) >= 11 is 0. The monoisotopic (exact) mass is 285 g/mol. The molecule has 21 heavy (non-hydrogen) atoms. The molecule has 0 fully saturated rings. The van der Waals surface area contributed by atoms with Crippen LogP contribution in [0.3, 0.4) is 0 Å². The summed E-state index contributed by atoms with van der Waals surface area (Å²) in [5, 5.41) is 9.16. The number of nitrogen functional groups attached to an aromatic ring is 1. The highest BCUT2D eigenvalue weighted by Gasteiger charge is 2.13. The Balaban J connectivity index is 1.81. The average Bonchev–Trinajstić information content (AvgIpc) is 2.47. The molecule has 0 saturated heterocycles. The van der Waals surface area contributed by atoms with Gasteiger partial charge in [0.2, 0.25) is 0 Å². The Morgan fingerprint density at radius 3 is 2.57 bits per heavy atom. The van der Waals surface area contributed by atoms with Gasteiger partial charge >= 0.3 is 5.97 Å². The van der Waals surface area contributed by atoms with Gasteiger partial charge < -0.3 is 15.6 Å². The number of aryl methyl sites for hydroxylation is 1. The van der Waals surface area contributed by atoms with Crippen LogP contribution in [0.15, 0.2) is 48.5 Å². The zero-order valence-corrected chi connectivity index (χ0v) is 11.8. The molecule has 2 aromatic rings. The van der Waals surface area contributed by atoms with Gasteiger partial charge in [-0.2, -0.15) is 0 Å². The highest BCUT2D eigenvalue weighted by Crippen LogP contribution is 2.18. The maximum Gasteiger partial charge on any atom is 0.338 e. The number of ether oxygens (including phenoxy) is 1. The lowest BCUT2D eigenvalue weighted by molar-refractivity contribution is 0.0688. The Labute approximate surface area is 124 Å². The molecule has 0 spiro atoms. The van der Waals surface area contributed by atoms with Crippen molar-refractivity contribution >= 4 is 11.7 Å². The SMILES string of the molecule is Nc1cccc(COCCCc2ccccc2)c1C(=O)O. The molecule has 3 N–H and O–H groups in total. The Morgan fingerprint density at radius 2 is 1.86 bits per heavy atom. The summed E-state index contributed by atoms with van der Waals surface area (Å²) in [4.78, 5) is 11.2. The number of benzene rings is 2. The Morgan fingerprint density at radius 1 is 1.10 bits per heavy atom. The quantitative estimate of drug-likeness (QED) is 0.605. The molecule has 0 aromatic heterocycles. The molecule has 0 amide bonds. The lowest BCUT2D eigenvalue weighted by Gasteiger charge is -2.09. The molecule has 0 aliphatic heterocycles. The van der Waals surface area contributed by atoms with Crippen LogP contribution >= 0.6 is 0 Å². The molecule has 4 nitrogen and oxygen atoms in total. The fourth-order valence-corrected chi connectivity index (χ4v) is 2.21. The minimum atomic E-state index is -1.02. The summed E-state index contributed by atoms with van der Waals surface area (Å²) in [6.45, 7) is 0.851. The largest absolute Gasteiger partial charge is 0.478 e. The smallest absolute Gasteiger partial charge is 0.338 e. The molecule has 2 aromatic carbocycles. The van der Waals surface area contributed by atoms with Gasteiger partial charge in [0.25, 0.3) is 0 Å². The van der Waals surface area contributed by atoms with Crippen LogP contribution in [-0.2, 0) is 17.8 Å². The van der Waals surface area contributed by atoms with Crippen LogP contribution in [0.25, 0.3) is 0 Å². The zero-order valence-electron chi connectivity index (χ0n) is 11.8. The van der Waals surface area contributed by atoms with Gasteiger partial charge in [-0.15, -0.1) is 0 Å². The first-order chi connectivity index (χ1) is 10.2. The summed E-state index contributed by atoms with van der Waals surface area (Å²) < 4.78 is 5.57. The molecule has 2 rings (SSSR count). The minimum Gasteiger partial charge on any atom is -0.478 e. The molecule has 4 heteroatoms. The van der Waals surface area contributed by atoms with E-state index in [0.717, 1.165) is 12.8 Å². The molecule has 0 radical (unpaired) electrons. The molecule has 0 bridgehead atoms. The third-order valence-electron chi connectivity index (χ3n) is 3.25. The van der Waals surface area contributed by atoms with Crippen molar-refractivity contribution in [1.82, 2.24) is 0 Å². The second-order valence-corrected chi connectivity index (χ2v) is 4.83. The molecule has 110 valence electrons. The Bertz CT molecular complexity index is 596. The predicted octanol–water partition coefficient (Wildman–Crippen LogP) is 3.12. The second kappa shape index (κ2) is 7.45. The first-order valence-electron chi connectivity index (χ1n) is 6.91. The number of rotatable bonds is 7. The summed E-state index contributed by atoms with van der Waals surface area (Å²) in [6.07, 6.45) is 1.85. The van der Waals surface area contributed by atoms with E-state index in [-0.39, 0.29) is 17.9 Å². The maximum absolute atomic E-state index is 11.2. The number of anilines is 1. The topological polar surface area (TPSA) is 72.5 Å². The van der Waals surface area contributed by atoms with E-state index in [1.807, 2.05) is 18.2 Å². The van der Waals surface area contributed by atoms with E-state index in [1.54, 1.807) is 18.2 Å². The summed E-state index contributed by atoms with van der Waals surface area (Å²) in [6, 6.07) is 15.3. The van der Waals surface area contributed by atoms with Crippen molar-refractivity contribution in [2.75, 3.05) is 12.3 Å². The number of aromatic carboxylic acids is 1. The fourth-order valence-electron chi connectivity index (χ4n) is 2.21. The highest BCUT2D eigenvalue weighted by molar-refractivity contribution is 5.95. The van der Waals surface area contributed by atoms with Crippen molar-refractivity contribution in [2.24, 2.45) is 0 Å². The van der Waals surface area contributed by atoms with Crippen molar-refractivity contribution in [1.29, 1.82) is 0 Å². The van der Waals surface area contributed by atoms with E-state index in [2.05, 4.69) is 12.1 Å². The molecule has 0 unspecified atom stereocenters. The van der Waals surface area contributed by atoms with Crippen molar-refractivity contribution < 1.29 is 14.6 Å². The molecular formula is C17H19NO3. The highest BCUT2D eigenvalue weighted by atomic mass is 16.5. The molecule has 0 aliphatic rings. The lowest BCUT2D eigenvalue weighted by Crippen LogP contribution is -2.08. The third-order valence-corrected chi connectivity index (χ3v) is 3.25. The van der Waals surface area contributed by atoms with Crippen LogP contribution in [-0.4, -0.2) is 17.7 Å². The Kier molecular flexibility index (Phi) is 5.35. The first-order valence-corrected chi connectivity index (χ1v) is 6.91. The molecular weight excluding hydrogens is 266 g/mol. The number of nitrogens with two attached hydrogens (primary N) is 1. The van der Waals surface area contributed by atoms with Crippen molar-refractivity contribution in [3.8, 4) is 0 Å². The van der Waals surface area contributed by atoms with Gasteiger partial charge in [-0.3, -0.25) is 0 Å². The molecule has 0 atom stereocenters. The van der Waals surface area contributed by atoms with E-state index < -0.39 is 5.97 Å². The maximum atomic E-state index is 11.2. The average molecular weight is 285 g/mol. The van der Waals surface area contributed by atoms with Crippen LogP contribution < -0.4 is 5.73 Å². The normalized spacial score (nSPS) is 10.5. The Hall–Kier alpha value is -2.33. The summed E-state index contributed by atoms with van der Waals surface area (Å²) in [5.74, 6) is -1.02. The molecule has 0 heterocycles. The van der Waals surface area contributed by atoms with Gasteiger partial charge in [0.15, 0.2) is 0 Å². The predicted molar refractivity (Wildman–Crippen MR) is 82.2 cm³/mol. The lowest BCUT2D eigenvalue weighted by atomic mass is 10.1. The van der Waals surface area contributed by atoms with Gasteiger partial charge in [-0.1, -0.05) is 42.5 Å². The standard InChI is InChI=1S/C17H19NO3/c18-15-10-4-9-14(16(15)17(19)20)12-21-11-5-8-13-6-2-1-3-7-13/h1-4,6-7,9-10H,5,8,11-12,18H2,(H,19,20). The number of hydrogen-bond donors (Lipinski definition) is 2.